The number of aliphatic hydroxyl groups excluding tert-OH is 1. The Morgan fingerprint density at radius 2 is 2.15 bits per heavy atom. The van der Waals surface area contributed by atoms with Gasteiger partial charge in [-0.05, 0) is 25.8 Å². The maximum absolute atomic E-state index is 13.5. The molecule has 0 heterocycles. The molecule has 0 amide bonds. The fourth-order valence-corrected chi connectivity index (χ4v) is 2.97. The van der Waals surface area contributed by atoms with E-state index < -0.39 is 37.4 Å². The topological polar surface area (TPSA) is 110 Å². The normalized spacial score (nSPS) is 13.2. The summed E-state index contributed by atoms with van der Waals surface area (Å²) in [7, 11) is -4.19. The quantitative estimate of drug-likeness (QED) is 0.580. The van der Waals surface area contributed by atoms with Gasteiger partial charge in [0, 0.05) is 24.8 Å². The van der Waals surface area contributed by atoms with Crippen LogP contribution >= 0.6 is 0 Å². The summed E-state index contributed by atoms with van der Waals surface area (Å²) in [6.07, 6.45) is 0.757. The molecule has 1 rings (SSSR count). The number of aliphatic hydroxyl groups is 1. The van der Waals surface area contributed by atoms with Crippen molar-refractivity contribution in [2.24, 2.45) is 0 Å². The molecule has 0 saturated carbocycles. The predicted octanol–water partition coefficient (Wildman–Crippen LogP) is 1.17. The zero-order valence-electron chi connectivity index (χ0n) is 10.7. The van der Waals surface area contributed by atoms with Crippen molar-refractivity contribution >= 4 is 15.7 Å². The number of sulfonamides is 1. The zero-order chi connectivity index (χ0) is 15.3. The van der Waals surface area contributed by atoms with Crippen LogP contribution in [0.1, 0.15) is 19.8 Å². The summed E-state index contributed by atoms with van der Waals surface area (Å²) in [6, 6.07) is 1.79. The van der Waals surface area contributed by atoms with E-state index in [2.05, 4.69) is 4.72 Å². The van der Waals surface area contributed by atoms with Crippen molar-refractivity contribution in [3.05, 3.63) is 34.1 Å². The minimum atomic E-state index is -4.19. The van der Waals surface area contributed by atoms with Gasteiger partial charge in [0.2, 0.25) is 10.0 Å². The summed E-state index contributed by atoms with van der Waals surface area (Å²) in [5.74, 6) is -1.06. The van der Waals surface area contributed by atoms with Crippen molar-refractivity contribution in [2.45, 2.75) is 30.7 Å². The number of non-ortho nitro benzene ring substituents is 1. The van der Waals surface area contributed by atoms with Gasteiger partial charge in [-0.15, -0.1) is 0 Å². The average molecular weight is 306 g/mol. The van der Waals surface area contributed by atoms with Gasteiger partial charge in [0.15, 0.2) is 0 Å². The second-order valence-electron chi connectivity index (χ2n) is 4.26. The minimum Gasteiger partial charge on any atom is -0.396 e. The Hall–Kier alpha value is -1.58. The van der Waals surface area contributed by atoms with E-state index >= 15 is 0 Å². The molecule has 112 valence electrons. The molecule has 0 bridgehead atoms. The molecular formula is C11H15FN2O5S. The number of benzene rings is 1. The number of hydrogen-bond acceptors (Lipinski definition) is 5. The molecule has 0 spiro atoms. The molecule has 9 heteroatoms. The van der Waals surface area contributed by atoms with Crippen molar-refractivity contribution in [1.82, 2.24) is 4.72 Å². The number of nitro benzene ring substituents is 1. The highest BCUT2D eigenvalue weighted by atomic mass is 32.2. The lowest BCUT2D eigenvalue weighted by Gasteiger charge is -2.13. The summed E-state index contributed by atoms with van der Waals surface area (Å²) in [4.78, 5) is 9.04. The van der Waals surface area contributed by atoms with Gasteiger partial charge in [-0.2, -0.15) is 0 Å². The van der Waals surface area contributed by atoms with Gasteiger partial charge in [-0.3, -0.25) is 10.1 Å². The molecule has 0 aliphatic heterocycles. The summed E-state index contributed by atoms with van der Waals surface area (Å²) in [5, 5.41) is 19.3. The van der Waals surface area contributed by atoms with Gasteiger partial charge in [-0.25, -0.2) is 17.5 Å². The Labute approximate surface area is 115 Å². The second kappa shape index (κ2) is 6.73. The third-order valence-corrected chi connectivity index (χ3v) is 4.17. The summed E-state index contributed by atoms with van der Waals surface area (Å²) >= 11 is 0. The first-order valence-corrected chi connectivity index (χ1v) is 7.33. The summed E-state index contributed by atoms with van der Waals surface area (Å²) in [5.41, 5.74) is -0.505. The highest BCUT2D eigenvalue weighted by molar-refractivity contribution is 7.89. The number of hydrogen-bond donors (Lipinski definition) is 2. The van der Waals surface area contributed by atoms with Crippen molar-refractivity contribution in [1.29, 1.82) is 0 Å². The Morgan fingerprint density at radius 1 is 1.50 bits per heavy atom. The van der Waals surface area contributed by atoms with E-state index in [1.54, 1.807) is 6.92 Å². The fraction of sp³-hybridized carbons (Fsp3) is 0.455. The van der Waals surface area contributed by atoms with E-state index in [1.807, 2.05) is 0 Å². The fourth-order valence-electron chi connectivity index (χ4n) is 1.60. The molecule has 0 saturated heterocycles. The number of nitro groups is 1. The van der Waals surface area contributed by atoms with E-state index in [1.165, 1.54) is 0 Å². The van der Waals surface area contributed by atoms with Crippen LogP contribution in [0, 0.1) is 15.9 Å². The monoisotopic (exact) mass is 306 g/mol. The maximum Gasteiger partial charge on any atom is 0.270 e. The van der Waals surface area contributed by atoms with Crippen molar-refractivity contribution in [2.75, 3.05) is 6.61 Å². The van der Waals surface area contributed by atoms with Crippen molar-refractivity contribution in [3.63, 3.8) is 0 Å². The van der Waals surface area contributed by atoms with Crippen LogP contribution in [0.15, 0.2) is 23.1 Å². The van der Waals surface area contributed by atoms with E-state index in [-0.39, 0.29) is 6.61 Å². The lowest BCUT2D eigenvalue weighted by Crippen LogP contribution is -2.33. The molecule has 20 heavy (non-hydrogen) atoms. The largest absolute Gasteiger partial charge is 0.396 e. The van der Waals surface area contributed by atoms with Crippen LogP contribution in [-0.2, 0) is 10.0 Å². The molecule has 0 radical (unpaired) electrons. The summed E-state index contributed by atoms with van der Waals surface area (Å²) < 4.78 is 39.7. The molecule has 0 aromatic heterocycles. The second-order valence-corrected chi connectivity index (χ2v) is 5.94. The first kappa shape index (κ1) is 16.5. The van der Waals surface area contributed by atoms with Gasteiger partial charge in [0.05, 0.1) is 4.92 Å². The van der Waals surface area contributed by atoms with Gasteiger partial charge in [0.1, 0.15) is 10.7 Å². The third kappa shape index (κ3) is 4.22. The first-order chi connectivity index (χ1) is 9.27. The van der Waals surface area contributed by atoms with Crippen molar-refractivity contribution < 1.29 is 22.8 Å². The number of rotatable bonds is 7. The number of nitrogens with one attached hydrogen (secondary N) is 1. The molecule has 0 fully saturated rings. The van der Waals surface area contributed by atoms with Crippen LogP contribution in [0.2, 0.25) is 0 Å². The van der Waals surface area contributed by atoms with Gasteiger partial charge in [0.25, 0.3) is 5.69 Å². The standard InChI is InChI=1S/C11H15FN2O5S/c1-8(3-2-6-15)13-20(18,19)11-7-9(14(16)17)4-5-10(11)12/h4-5,7-8,13,15H,2-3,6H2,1H3. The Kier molecular flexibility index (Phi) is 5.54. The molecule has 1 aromatic rings. The molecule has 1 atom stereocenters. The Balaban J connectivity index is 3.03. The molecular weight excluding hydrogens is 291 g/mol. The highest BCUT2D eigenvalue weighted by Gasteiger charge is 2.24. The predicted molar refractivity (Wildman–Crippen MR) is 69.2 cm³/mol. The third-order valence-electron chi connectivity index (χ3n) is 2.57. The van der Waals surface area contributed by atoms with E-state index in [0.29, 0.717) is 18.9 Å². The molecule has 1 unspecified atom stereocenters. The van der Waals surface area contributed by atoms with E-state index in [0.717, 1.165) is 12.1 Å². The van der Waals surface area contributed by atoms with Crippen LogP contribution < -0.4 is 4.72 Å². The minimum absolute atomic E-state index is 0.0861. The van der Waals surface area contributed by atoms with E-state index in [9.17, 15) is 22.9 Å². The molecule has 1 aromatic carbocycles. The van der Waals surface area contributed by atoms with Gasteiger partial charge in [-0.1, -0.05) is 0 Å². The maximum atomic E-state index is 13.5. The Bertz CT molecular complexity index is 590. The zero-order valence-corrected chi connectivity index (χ0v) is 11.6. The first-order valence-electron chi connectivity index (χ1n) is 5.85. The lowest BCUT2D eigenvalue weighted by atomic mass is 10.2. The van der Waals surface area contributed by atoms with Crippen LogP contribution in [-0.4, -0.2) is 31.1 Å². The molecule has 0 aliphatic carbocycles. The summed E-state index contributed by atoms with van der Waals surface area (Å²) in [6.45, 7) is 1.47. The Morgan fingerprint density at radius 3 is 2.70 bits per heavy atom. The lowest BCUT2D eigenvalue weighted by molar-refractivity contribution is -0.385. The number of halogens is 1. The van der Waals surface area contributed by atoms with Crippen LogP contribution in [0.5, 0.6) is 0 Å². The molecule has 0 aliphatic rings. The molecule has 7 nitrogen and oxygen atoms in total. The van der Waals surface area contributed by atoms with Crippen LogP contribution in [0.3, 0.4) is 0 Å². The van der Waals surface area contributed by atoms with Gasteiger partial charge >= 0.3 is 0 Å². The SMILES string of the molecule is CC(CCCO)NS(=O)(=O)c1cc([N+](=O)[O-])ccc1F. The van der Waals surface area contributed by atoms with Crippen molar-refractivity contribution in [3.8, 4) is 0 Å². The number of nitrogens with zero attached hydrogens (tertiary/aromatic N) is 1. The average Bonchev–Trinajstić information content (AvgIpc) is 2.35. The van der Waals surface area contributed by atoms with E-state index in [4.69, 9.17) is 5.11 Å². The highest BCUT2D eigenvalue weighted by Crippen LogP contribution is 2.21. The smallest absolute Gasteiger partial charge is 0.270 e. The van der Waals surface area contributed by atoms with Crippen LogP contribution in [0.4, 0.5) is 10.1 Å². The van der Waals surface area contributed by atoms with Crippen LogP contribution in [0.25, 0.3) is 0 Å². The molecule has 2 N–H and O–H groups in total. The van der Waals surface area contributed by atoms with Gasteiger partial charge < -0.3 is 5.11 Å².